The number of fused-ring (bicyclic) bond motifs is 1. The van der Waals surface area contributed by atoms with Crippen LogP contribution in [0, 0.1) is 6.92 Å². The van der Waals surface area contributed by atoms with E-state index in [9.17, 15) is 0 Å². The summed E-state index contributed by atoms with van der Waals surface area (Å²) in [7, 11) is 0. The summed E-state index contributed by atoms with van der Waals surface area (Å²) in [5, 5.41) is 4.29. The third-order valence-corrected chi connectivity index (χ3v) is 3.73. The van der Waals surface area contributed by atoms with Gasteiger partial charge in [0.05, 0.1) is 6.04 Å². The quantitative estimate of drug-likeness (QED) is 0.705. The highest BCUT2D eigenvalue weighted by Crippen LogP contribution is 2.27. The Morgan fingerprint density at radius 1 is 1.24 bits per heavy atom. The molecule has 0 radical (unpaired) electrons. The van der Waals surface area contributed by atoms with Crippen molar-refractivity contribution >= 4 is 28.4 Å². The van der Waals surface area contributed by atoms with Crippen LogP contribution in [-0.2, 0) is 0 Å². The van der Waals surface area contributed by atoms with Crippen LogP contribution in [0.15, 0.2) is 46.9 Å². The molecule has 1 aromatic heterocycles. The van der Waals surface area contributed by atoms with Gasteiger partial charge in [-0.25, -0.2) is 4.98 Å². The van der Waals surface area contributed by atoms with Crippen molar-refractivity contribution in [3.05, 3.63) is 58.9 Å². The predicted molar refractivity (Wildman–Crippen MR) is 86.9 cm³/mol. The van der Waals surface area contributed by atoms with Crippen molar-refractivity contribution in [2.24, 2.45) is 0 Å². The summed E-state index contributed by atoms with van der Waals surface area (Å²) in [5.41, 5.74) is 3.90. The number of benzene rings is 2. The second-order valence-electron chi connectivity index (χ2n) is 5.08. The number of oxazole rings is 1. The highest BCUT2D eigenvalue weighted by atomic mass is 35.5. The predicted octanol–water partition coefficient (Wildman–Crippen LogP) is 5.35. The smallest absolute Gasteiger partial charge is 0.192 e. The first-order valence-corrected chi connectivity index (χ1v) is 7.42. The SMILES string of the molecule is CCC(Nc1ccc2oc(C)nc2c1)c1cccc(Cl)c1. The first-order valence-electron chi connectivity index (χ1n) is 7.05. The molecule has 0 bridgehead atoms. The molecule has 0 aliphatic carbocycles. The number of anilines is 1. The van der Waals surface area contributed by atoms with Gasteiger partial charge in [-0.15, -0.1) is 0 Å². The Bertz CT molecular complexity index is 766. The summed E-state index contributed by atoms with van der Waals surface area (Å²) in [5.74, 6) is 0.684. The van der Waals surface area contributed by atoms with Gasteiger partial charge in [-0.05, 0) is 42.3 Å². The number of aryl methyl sites for hydroxylation is 1. The van der Waals surface area contributed by atoms with Gasteiger partial charge in [0.2, 0.25) is 0 Å². The fourth-order valence-corrected chi connectivity index (χ4v) is 2.68. The van der Waals surface area contributed by atoms with Gasteiger partial charge in [-0.2, -0.15) is 0 Å². The van der Waals surface area contributed by atoms with Crippen molar-refractivity contribution in [2.75, 3.05) is 5.32 Å². The van der Waals surface area contributed by atoms with E-state index in [1.165, 1.54) is 5.56 Å². The number of aromatic nitrogens is 1. The molecule has 0 saturated carbocycles. The topological polar surface area (TPSA) is 38.1 Å². The fraction of sp³-hybridized carbons (Fsp3) is 0.235. The minimum absolute atomic E-state index is 0.217. The molecular formula is C17H17ClN2O. The van der Waals surface area contributed by atoms with Crippen LogP contribution in [0.5, 0.6) is 0 Å². The maximum absolute atomic E-state index is 6.08. The van der Waals surface area contributed by atoms with E-state index in [0.29, 0.717) is 5.89 Å². The lowest BCUT2D eigenvalue weighted by molar-refractivity contribution is 0.561. The van der Waals surface area contributed by atoms with Crippen LogP contribution in [0.25, 0.3) is 11.1 Å². The van der Waals surface area contributed by atoms with Gasteiger partial charge in [-0.3, -0.25) is 0 Å². The van der Waals surface area contributed by atoms with Crippen LogP contribution in [0.4, 0.5) is 5.69 Å². The van der Waals surface area contributed by atoms with E-state index in [1.807, 2.05) is 43.3 Å². The van der Waals surface area contributed by atoms with Crippen molar-refractivity contribution in [1.82, 2.24) is 4.98 Å². The van der Waals surface area contributed by atoms with Crippen molar-refractivity contribution < 1.29 is 4.42 Å². The third kappa shape index (κ3) is 3.03. The second-order valence-corrected chi connectivity index (χ2v) is 5.51. The molecule has 3 aromatic rings. The molecule has 1 heterocycles. The number of nitrogens with zero attached hydrogens (tertiary/aromatic N) is 1. The van der Waals surface area contributed by atoms with Crippen LogP contribution < -0.4 is 5.32 Å². The number of rotatable bonds is 4. The van der Waals surface area contributed by atoms with E-state index in [-0.39, 0.29) is 6.04 Å². The Labute approximate surface area is 128 Å². The Kier molecular flexibility index (Phi) is 3.84. The first kappa shape index (κ1) is 14.0. The average molecular weight is 301 g/mol. The van der Waals surface area contributed by atoms with Crippen LogP contribution in [0.2, 0.25) is 5.02 Å². The van der Waals surface area contributed by atoms with Crippen molar-refractivity contribution in [3.8, 4) is 0 Å². The normalized spacial score (nSPS) is 12.5. The standard InChI is InChI=1S/C17H17ClN2O/c1-3-15(12-5-4-6-13(18)9-12)20-14-7-8-17-16(10-14)19-11(2)21-17/h4-10,15,20H,3H2,1-2H3. The number of hydrogen-bond acceptors (Lipinski definition) is 3. The molecule has 0 saturated heterocycles. The van der Waals surface area contributed by atoms with Gasteiger partial charge in [-0.1, -0.05) is 30.7 Å². The Hall–Kier alpha value is -2.00. The molecule has 21 heavy (non-hydrogen) atoms. The van der Waals surface area contributed by atoms with Gasteiger partial charge in [0.15, 0.2) is 11.5 Å². The lowest BCUT2D eigenvalue weighted by Crippen LogP contribution is -2.09. The lowest BCUT2D eigenvalue weighted by atomic mass is 10.0. The van der Waals surface area contributed by atoms with E-state index >= 15 is 0 Å². The highest BCUT2D eigenvalue weighted by Gasteiger charge is 2.11. The molecule has 2 aromatic carbocycles. The van der Waals surface area contributed by atoms with Crippen LogP contribution >= 0.6 is 11.6 Å². The van der Waals surface area contributed by atoms with Crippen molar-refractivity contribution in [2.45, 2.75) is 26.3 Å². The molecule has 0 aliphatic heterocycles. The van der Waals surface area contributed by atoms with Gasteiger partial charge < -0.3 is 9.73 Å². The minimum Gasteiger partial charge on any atom is -0.441 e. The molecule has 108 valence electrons. The van der Waals surface area contributed by atoms with E-state index in [1.54, 1.807) is 0 Å². The zero-order chi connectivity index (χ0) is 14.8. The number of halogens is 1. The zero-order valence-electron chi connectivity index (χ0n) is 12.1. The Balaban J connectivity index is 1.88. The van der Waals surface area contributed by atoms with Crippen molar-refractivity contribution in [3.63, 3.8) is 0 Å². The summed E-state index contributed by atoms with van der Waals surface area (Å²) in [6.07, 6.45) is 0.968. The number of nitrogens with one attached hydrogen (secondary N) is 1. The molecule has 1 unspecified atom stereocenters. The van der Waals surface area contributed by atoms with E-state index in [4.69, 9.17) is 16.0 Å². The third-order valence-electron chi connectivity index (χ3n) is 3.49. The number of hydrogen-bond donors (Lipinski definition) is 1. The fourth-order valence-electron chi connectivity index (χ4n) is 2.48. The van der Waals surface area contributed by atoms with Crippen LogP contribution in [-0.4, -0.2) is 4.98 Å². The first-order chi connectivity index (χ1) is 10.2. The molecule has 0 fully saturated rings. The highest BCUT2D eigenvalue weighted by molar-refractivity contribution is 6.30. The maximum Gasteiger partial charge on any atom is 0.192 e. The molecule has 3 nitrogen and oxygen atoms in total. The summed E-state index contributed by atoms with van der Waals surface area (Å²) >= 11 is 6.08. The average Bonchev–Trinajstić information content (AvgIpc) is 2.84. The lowest BCUT2D eigenvalue weighted by Gasteiger charge is -2.19. The van der Waals surface area contributed by atoms with Crippen LogP contribution in [0.3, 0.4) is 0 Å². The summed E-state index contributed by atoms with van der Waals surface area (Å²) in [6.45, 7) is 4.01. The maximum atomic E-state index is 6.08. The molecular weight excluding hydrogens is 284 g/mol. The van der Waals surface area contributed by atoms with Gasteiger partial charge in [0.25, 0.3) is 0 Å². The van der Waals surface area contributed by atoms with Gasteiger partial charge in [0, 0.05) is 17.6 Å². The summed E-state index contributed by atoms with van der Waals surface area (Å²) in [6, 6.07) is 14.2. The molecule has 3 rings (SSSR count). The van der Waals surface area contributed by atoms with E-state index in [0.717, 1.165) is 28.2 Å². The summed E-state index contributed by atoms with van der Waals surface area (Å²) in [4.78, 5) is 4.37. The van der Waals surface area contributed by atoms with Crippen LogP contribution in [0.1, 0.15) is 30.8 Å². The molecule has 1 atom stereocenters. The zero-order valence-corrected chi connectivity index (χ0v) is 12.8. The molecule has 0 amide bonds. The Morgan fingerprint density at radius 2 is 2.10 bits per heavy atom. The second kappa shape index (κ2) is 5.78. The Morgan fingerprint density at radius 3 is 2.86 bits per heavy atom. The van der Waals surface area contributed by atoms with E-state index < -0.39 is 0 Å². The van der Waals surface area contributed by atoms with Gasteiger partial charge >= 0.3 is 0 Å². The molecule has 1 N–H and O–H groups in total. The van der Waals surface area contributed by atoms with E-state index in [2.05, 4.69) is 23.3 Å². The van der Waals surface area contributed by atoms with Crippen molar-refractivity contribution in [1.29, 1.82) is 0 Å². The monoisotopic (exact) mass is 300 g/mol. The summed E-state index contributed by atoms with van der Waals surface area (Å²) < 4.78 is 5.50. The van der Waals surface area contributed by atoms with Gasteiger partial charge in [0.1, 0.15) is 5.52 Å². The minimum atomic E-state index is 0.217. The molecule has 0 spiro atoms. The largest absolute Gasteiger partial charge is 0.441 e. The molecule has 4 heteroatoms. The molecule has 0 aliphatic rings.